The quantitative estimate of drug-likeness (QED) is 0.866. The summed E-state index contributed by atoms with van der Waals surface area (Å²) in [6.07, 6.45) is 9.01. The zero-order valence-corrected chi connectivity index (χ0v) is 14.0. The molecule has 1 atom stereocenters. The standard InChI is InChI=1S/C17H32N2O2/c1-17(2,3)21-16(20)19-11-7-10-15(13-19)18-12-14-8-5-4-6-9-14/h14-15,18H,4-13H2,1-3H3/t15-/m1/s1. The predicted octanol–water partition coefficient (Wildman–Crippen LogP) is 3.56. The van der Waals surface area contributed by atoms with E-state index in [0.717, 1.165) is 32.0 Å². The Hall–Kier alpha value is -0.770. The summed E-state index contributed by atoms with van der Waals surface area (Å²) < 4.78 is 5.48. The topological polar surface area (TPSA) is 41.6 Å². The van der Waals surface area contributed by atoms with Crippen LogP contribution < -0.4 is 5.32 Å². The van der Waals surface area contributed by atoms with Crippen LogP contribution in [0.25, 0.3) is 0 Å². The van der Waals surface area contributed by atoms with Crippen LogP contribution >= 0.6 is 0 Å². The normalized spacial score (nSPS) is 24.9. The Kier molecular flexibility index (Phi) is 5.91. The molecule has 122 valence electrons. The van der Waals surface area contributed by atoms with Crippen LogP contribution in [0.4, 0.5) is 4.79 Å². The maximum atomic E-state index is 12.1. The average molecular weight is 296 g/mol. The third kappa shape index (κ3) is 5.85. The monoisotopic (exact) mass is 296 g/mol. The van der Waals surface area contributed by atoms with E-state index in [0.29, 0.717) is 6.04 Å². The largest absolute Gasteiger partial charge is 0.444 e. The number of hydrogen-bond acceptors (Lipinski definition) is 3. The third-order valence-corrected chi connectivity index (χ3v) is 4.49. The van der Waals surface area contributed by atoms with E-state index in [-0.39, 0.29) is 6.09 Å². The Bertz CT molecular complexity index is 332. The number of nitrogens with one attached hydrogen (secondary N) is 1. The summed E-state index contributed by atoms with van der Waals surface area (Å²) in [5.41, 5.74) is -0.403. The molecule has 21 heavy (non-hydrogen) atoms. The van der Waals surface area contributed by atoms with Crippen LogP contribution in [0.1, 0.15) is 65.7 Å². The van der Waals surface area contributed by atoms with Gasteiger partial charge in [-0.2, -0.15) is 0 Å². The van der Waals surface area contributed by atoms with Crippen LogP contribution in [0.15, 0.2) is 0 Å². The number of amides is 1. The van der Waals surface area contributed by atoms with E-state index in [1.807, 2.05) is 25.7 Å². The second-order valence-corrected chi connectivity index (χ2v) is 7.68. The molecule has 0 spiro atoms. The van der Waals surface area contributed by atoms with Gasteiger partial charge in [-0.05, 0) is 58.9 Å². The van der Waals surface area contributed by atoms with Crippen LogP contribution in [0, 0.1) is 5.92 Å². The van der Waals surface area contributed by atoms with E-state index >= 15 is 0 Å². The molecule has 1 saturated carbocycles. The second kappa shape index (κ2) is 7.48. The summed E-state index contributed by atoms with van der Waals surface area (Å²) in [5, 5.41) is 3.69. The maximum absolute atomic E-state index is 12.1. The molecule has 1 amide bonds. The van der Waals surface area contributed by atoms with Gasteiger partial charge < -0.3 is 15.0 Å². The molecule has 1 heterocycles. The van der Waals surface area contributed by atoms with E-state index in [9.17, 15) is 4.79 Å². The van der Waals surface area contributed by atoms with Crippen LogP contribution in [-0.4, -0.2) is 42.3 Å². The van der Waals surface area contributed by atoms with Crippen molar-refractivity contribution in [3.63, 3.8) is 0 Å². The van der Waals surface area contributed by atoms with Gasteiger partial charge in [0.1, 0.15) is 5.60 Å². The molecule has 1 aliphatic heterocycles. The summed E-state index contributed by atoms with van der Waals surface area (Å²) in [6.45, 7) is 8.51. The van der Waals surface area contributed by atoms with Crippen molar-refractivity contribution < 1.29 is 9.53 Å². The van der Waals surface area contributed by atoms with Gasteiger partial charge in [-0.25, -0.2) is 4.79 Å². The van der Waals surface area contributed by atoms with Crippen molar-refractivity contribution in [2.24, 2.45) is 5.92 Å². The third-order valence-electron chi connectivity index (χ3n) is 4.49. The molecule has 1 N–H and O–H groups in total. The van der Waals surface area contributed by atoms with Crippen molar-refractivity contribution in [1.29, 1.82) is 0 Å². The molecule has 2 fully saturated rings. The van der Waals surface area contributed by atoms with Crippen molar-refractivity contribution in [3.05, 3.63) is 0 Å². The number of ether oxygens (including phenoxy) is 1. The van der Waals surface area contributed by atoms with Crippen molar-refractivity contribution >= 4 is 6.09 Å². The molecule has 0 unspecified atom stereocenters. The molecular weight excluding hydrogens is 264 g/mol. The molecule has 4 nitrogen and oxygen atoms in total. The highest BCUT2D eigenvalue weighted by Crippen LogP contribution is 2.23. The number of rotatable bonds is 3. The zero-order valence-electron chi connectivity index (χ0n) is 14.0. The molecule has 2 rings (SSSR count). The molecule has 0 radical (unpaired) electrons. The highest BCUT2D eigenvalue weighted by Gasteiger charge is 2.27. The fraction of sp³-hybridized carbons (Fsp3) is 0.941. The van der Waals surface area contributed by atoms with Gasteiger partial charge in [-0.1, -0.05) is 19.3 Å². The van der Waals surface area contributed by atoms with Gasteiger partial charge >= 0.3 is 6.09 Å². The van der Waals surface area contributed by atoms with Crippen LogP contribution in [0.3, 0.4) is 0 Å². The molecule has 0 aromatic rings. The predicted molar refractivity (Wildman–Crippen MR) is 85.4 cm³/mol. The minimum absolute atomic E-state index is 0.160. The Labute approximate surface area is 129 Å². The SMILES string of the molecule is CC(C)(C)OC(=O)N1CCC[C@@H](NCC2CCCCC2)C1. The van der Waals surface area contributed by atoms with E-state index < -0.39 is 5.60 Å². The number of nitrogens with zero attached hydrogens (tertiary/aromatic N) is 1. The number of piperidine rings is 1. The highest BCUT2D eigenvalue weighted by molar-refractivity contribution is 5.68. The fourth-order valence-electron chi connectivity index (χ4n) is 3.36. The van der Waals surface area contributed by atoms with Crippen molar-refractivity contribution in [3.8, 4) is 0 Å². The van der Waals surface area contributed by atoms with Crippen molar-refractivity contribution in [2.45, 2.75) is 77.4 Å². The molecule has 0 aromatic carbocycles. The summed E-state index contributed by atoms with van der Waals surface area (Å²) in [5.74, 6) is 0.843. The summed E-state index contributed by atoms with van der Waals surface area (Å²) >= 11 is 0. The maximum Gasteiger partial charge on any atom is 0.410 e. The van der Waals surface area contributed by atoms with Crippen LogP contribution in [-0.2, 0) is 4.74 Å². The number of carbonyl (C=O) groups is 1. The molecule has 1 aliphatic carbocycles. The lowest BCUT2D eigenvalue weighted by Crippen LogP contribution is -2.50. The first kappa shape index (κ1) is 16.6. The van der Waals surface area contributed by atoms with Gasteiger partial charge in [0.2, 0.25) is 0 Å². The van der Waals surface area contributed by atoms with Gasteiger partial charge in [-0.15, -0.1) is 0 Å². The Morgan fingerprint density at radius 2 is 1.86 bits per heavy atom. The van der Waals surface area contributed by atoms with Gasteiger partial charge in [0.25, 0.3) is 0 Å². The minimum Gasteiger partial charge on any atom is -0.444 e. The lowest BCUT2D eigenvalue weighted by atomic mass is 9.89. The smallest absolute Gasteiger partial charge is 0.410 e. The Morgan fingerprint density at radius 3 is 2.52 bits per heavy atom. The number of likely N-dealkylation sites (tertiary alicyclic amines) is 1. The minimum atomic E-state index is -0.403. The summed E-state index contributed by atoms with van der Waals surface area (Å²) in [6, 6.07) is 0.438. The zero-order chi connectivity index (χ0) is 15.3. The lowest BCUT2D eigenvalue weighted by Gasteiger charge is -2.35. The first-order valence-corrected chi connectivity index (χ1v) is 8.65. The van der Waals surface area contributed by atoms with E-state index in [2.05, 4.69) is 5.32 Å². The number of carbonyl (C=O) groups excluding carboxylic acids is 1. The van der Waals surface area contributed by atoms with E-state index in [4.69, 9.17) is 4.74 Å². The van der Waals surface area contributed by atoms with Crippen molar-refractivity contribution in [2.75, 3.05) is 19.6 Å². The molecule has 0 bridgehead atoms. The Balaban J connectivity index is 1.73. The summed E-state index contributed by atoms with van der Waals surface area (Å²) in [4.78, 5) is 14.0. The molecule has 2 aliphatic rings. The van der Waals surface area contributed by atoms with Crippen LogP contribution in [0.2, 0.25) is 0 Å². The number of hydrogen-bond donors (Lipinski definition) is 1. The van der Waals surface area contributed by atoms with Gasteiger partial charge in [0.15, 0.2) is 0 Å². The first-order chi connectivity index (χ1) is 9.94. The lowest BCUT2D eigenvalue weighted by molar-refractivity contribution is 0.0186. The average Bonchev–Trinajstić information content (AvgIpc) is 2.45. The van der Waals surface area contributed by atoms with Gasteiger partial charge in [0.05, 0.1) is 0 Å². The Morgan fingerprint density at radius 1 is 1.14 bits per heavy atom. The van der Waals surface area contributed by atoms with Crippen molar-refractivity contribution in [1.82, 2.24) is 10.2 Å². The molecule has 0 aromatic heterocycles. The van der Waals surface area contributed by atoms with Gasteiger partial charge in [0, 0.05) is 19.1 Å². The highest BCUT2D eigenvalue weighted by atomic mass is 16.6. The fourth-order valence-corrected chi connectivity index (χ4v) is 3.36. The van der Waals surface area contributed by atoms with E-state index in [1.165, 1.54) is 38.5 Å². The molecule has 1 saturated heterocycles. The second-order valence-electron chi connectivity index (χ2n) is 7.68. The first-order valence-electron chi connectivity index (χ1n) is 8.65. The van der Waals surface area contributed by atoms with E-state index in [1.54, 1.807) is 0 Å². The molecular formula is C17H32N2O2. The molecule has 4 heteroatoms. The van der Waals surface area contributed by atoms with Gasteiger partial charge in [-0.3, -0.25) is 0 Å². The summed E-state index contributed by atoms with van der Waals surface area (Å²) in [7, 11) is 0. The van der Waals surface area contributed by atoms with Crippen LogP contribution in [0.5, 0.6) is 0 Å².